The number of rotatable bonds is 1. The predicted octanol–water partition coefficient (Wildman–Crippen LogP) is 3.73. The number of likely N-dealkylation sites (tertiary alicyclic amines) is 1. The minimum Gasteiger partial charge on any atom is -0.349 e. The minimum absolute atomic E-state index is 0.839. The van der Waals surface area contributed by atoms with Crippen molar-refractivity contribution in [3.05, 3.63) is 29.3 Å². The number of nitrogens with one attached hydrogen (secondary N) is 1. The van der Waals surface area contributed by atoms with Crippen molar-refractivity contribution in [3.8, 4) is 0 Å². The summed E-state index contributed by atoms with van der Waals surface area (Å²) < 4.78 is 0. The highest BCUT2D eigenvalue weighted by molar-refractivity contribution is 7.80. The number of hydrogen-bond acceptors (Lipinski definition) is 1. The maximum absolute atomic E-state index is 5.49. The summed E-state index contributed by atoms with van der Waals surface area (Å²) in [5.74, 6) is 0.839. The molecule has 1 saturated heterocycles. The van der Waals surface area contributed by atoms with E-state index in [1.165, 1.54) is 24.0 Å². The van der Waals surface area contributed by atoms with E-state index in [4.69, 9.17) is 12.2 Å². The molecule has 0 atom stereocenters. The van der Waals surface area contributed by atoms with Gasteiger partial charge in [-0.05, 0) is 68.1 Å². The topological polar surface area (TPSA) is 15.3 Å². The van der Waals surface area contributed by atoms with Crippen LogP contribution in [0.25, 0.3) is 0 Å². The number of hydrogen-bond donors (Lipinski definition) is 1. The molecule has 2 nitrogen and oxygen atoms in total. The Morgan fingerprint density at radius 1 is 1.22 bits per heavy atom. The summed E-state index contributed by atoms with van der Waals surface area (Å²) in [6, 6.07) is 6.40. The van der Waals surface area contributed by atoms with E-state index in [-0.39, 0.29) is 0 Å². The van der Waals surface area contributed by atoms with Crippen molar-refractivity contribution in [3.63, 3.8) is 0 Å². The lowest BCUT2D eigenvalue weighted by molar-refractivity contribution is 0.283. The first-order valence-corrected chi connectivity index (χ1v) is 7.10. The molecule has 0 aliphatic carbocycles. The zero-order valence-electron chi connectivity index (χ0n) is 11.5. The van der Waals surface area contributed by atoms with Gasteiger partial charge < -0.3 is 10.2 Å². The van der Waals surface area contributed by atoms with Crippen LogP contribution in [-0.2, 0) is 0 Å². The molecule has 1 aliphatic heterocycles. The molecule has 2 rings (SSSR count). The highest BCUT2D eigenvalue weighted by atomic mass is 32.1. The molecule has 1 aliphatic rings. The summed E-state index contributed by atoms with van der Waals surface area (Å²) in [5.41, 5.74) is 3.72. The van der Waals surface area contributed by atoms with Crippen molar-refractivity contribution >= 4 is 23.0 Å². The molecular formula is C15H22N2S. The average Bonchev–Trinajstić information content (AvgIpc) is 2.34. The Balaban J connectivity index is 1.96. The van der Waals surface area contributed by atoms with E-state index in [9.17, 15) is 0 Å². The van der Waals surface area contributed by atoms with Gasteiger partial charge in [0.25, 0.3) is 0 Å². The van der Waals surface area contributed by atoms with Gasteiger partial charge in [0, 0.05) is 18.8 Å². The molecule has 3 heteroatoms. The standard InChI is InChI=1S/C15H22N2S/c1-11-6-8-17(9-7-11)15(18)16-14-5-4-12(2)13(3)10-14/h4-5,10-11H,6-9H2,1-3H3,(H,16,18). The molecule has 0 unspecified atom stereocenters. The van der Waals surface area contributed by atoms with Crippen molar-refractivity contribution < 1.29 is 0 Å². The van der Waals surface area contributed by atoms with Crippen LogP contribution in [0.15, 0.2) is 18.2 Å². The smallest absolute Gasteiger partial charge is 0.173 e. The summed E-state index contributed by atoms with van der Waals surface area (Å²) in [6.45, 7) is 8.74. The van der Waals surface area contributed by atoms with Crippen molar-refractivity contribution in [2.24, 2.45) is 5.92 Å². The molecule has 1 heterocycles. The second-order valence-electron chi connectivity index (χ2n) is 5.40. The quantitative estimate of drug-likeness (QED) is 0.776. The Morgan fingerprint density at radius 3 is 2.50 bits per heavy atom. The van der Waals surface area contributed by atoms with E-state index >= 15 is 0 Å². The number of thiocarbonyl (C=S) groups is 1. The van der Waals surface area contributed by atoms with E-state index in [1.54, 1.807) is 0 Å². The summed E-state index contributed by atoms with van der Waals surface area (Å²) in [7, 11) is 0. The molecule has 0 spiro atoms. The van der Waals surface area contributed by atoms with E-state index in [1.807, 2.05) is 0 Å². The second-order valence-corrected chi connectivity index (χ2v) is 5.79. The number of aryl methyl sites for hydroxylation is 2. The lowest BCUT2D eigenvalue weighted by Gasteiger charge is -2.32. The Kier molecular flexibility index (Phi) is 4.23. The highest BCUT2D eigenvalue weighted by Crippen LogP contribution is 2.18. The number of anilines is 1. The van der Waals surface area contributed by atoms with Crippen molar-refractivity contribution in [1.29, 1.82) is 0 Å². The Hall–Kier alpha value is -1.09. The van der Waals surface area contributed by atoms with Crippen LogP contribution in [0.5, 0.6) is 0 Å². The third kappa shape index (κ3) is 3.22. The van der Waals surface area contributed by atoms with E-state index in [2.05, 4.69) is 49.2 Å². The zero-order valence-corrected chi connectivity index (χ0v) is 12.3. The third-order valence-electron chi connectivity index (χ3n) is 3.83. The first-order chi connectivity index (χ1) is 8.56. The maximum Gasteiger partial charge on any atom is 0.173 e. The number of nitrogens with zero attached hydrogens (tertiary/aromatic N) is 1. The monoisotopic (exact) mass is 262 g/mol. The van der Waals surface area contributed by atoms with Gasteiger partial charge in [-0.3, -0.25) is 0 Å². The van der Waals surface area contributed by atoms with Crippen LogP contribution < -0.4 is 5.32 Å². The van der Waals surface area contributed by atoms with Crippen LogP contribution in [0, 0.1) is 19.8 Å². The molecule has 0 radical (unpaired) electrons. The molecule has 0 amide bonds. The number of benzene rings is 1. The summed E-state index contributed by atoms with van der Waals surface area (Å²) in [6.07, 6.45) is 2.49. The van der Waals surface area contributed by atoms with Crippen LogP contribution in [0.4, 0.5) is 5.69 Å². The van der Waals surface area contributed by atoms with Gasteiger partial charge in [0.1, 0.15) is 0 Å². The largest absolute Gasteiger partial charge is 0.349 e. The molecule has 0 saturated carbocycles. The van der Waals surface area contributed by atoms with Crippen LogP contribution in [0.3, 0.4) is 0 Å². The zero-order chi connectivity index (χ0) is 13.1. The molecule has 0 aromatic heterocycles. The fourth-order valence-corrected chi connectivity index (χ4v) is 2.53. The normalized spacial score (nSPS) is 16.7. The SMILES string of the molecule is Cc1ccc(NC(=S)N2CCC(C)CC2)cc1C. The molecule has 98 valence electrons. The van der Waals surface area contributed by atoms with Gasteiger partial charge in [-0.2, -0.15) is 0 Å². The molecule has 18 heavy (non-hydrogen) atoms. The molecule has 1 fully saturated rings. The highest BCUT2D eigenvalue weighted by Gasteiger charge is 2.17. The third-order valence-corrected chi connectivity index (χ3v) is 4.19. The van der Waals surface area contributed by atoms with E-state index in [0.29, 0.717) is 0 Å². The van der Waals surface area contributed by atoms with Crippen LogP contribution in [0.1, 0.15) is 30.9 Å². The fourth-order valence-electron chi connectivity index (χ4n) is 2.23. The van der Waals surface area contributed by atoms with Crippen molar-refractivity contribution in [1.82, 2.24) is 4.90 Å². The molecule has 1 aromatic carbocycles. The lowest BCUT2D eigenvalue weighted by atomic mass is 10.00. The first-order valence-electron chi connectivity index (χ1n) is 6.69. The first kappa shape index (κ1) is 13.3. The van der Waals surface area contributed by atoms with Gasteiger partial charge in [-0.1, -0.05) is 13.0 Å². The Bertz CT molecular complexity index is 434. The second kappa shape index (κ2) is 5.70. The Labute approximate surface area is 115 Å². The van der Waals surface area contributed by atoms with Gasteiger partial charge in [-0.15, -0.1) is 0 Å². The summed E-state index contributed by atoms with van der Waals surface area (Å²) >= 11 is 5.49. The predicted molar refractivity (Wildman–Crippen MR) is 82.1 cm³/mol. The van der Waals surface area contributed by atoms with Crippen LogP contribution in [0.2, 0.25) is 0 Å². The molecular weight excluding hydrogens is 240 g/mol. The van der Waals surface area contributed by atoms with Gasteiger partial charge in [-0.25, -0.2) is 0 Å². The van der Waals surface area contributed by atoms with Gasteiger partial charge in [0.05, 0.1) is 0 Å². The molecule has 1 N–H and O–H groups in total. The van der Waals surface area contributed by atoms with E-state index < -0.39 is 0 Å². The van der Waals surface area contributed by atoms with Gasteiger partial charge >= 0.3 is 0 Å². The van der Waals surface area contributed by atoms with Crippen molar-refractivity contribution in [2.75, 3.05) is 18.4 Å². The fraction of sp³-hybridized carbons (Fsp3) is 0.533. The lowest BCUT2D eigenvalue weighted by Crippen LogP contribution is -2.40. The maximum atomic E-state index is 5.49. The molecule has 0 bridgehead atoms. The molecule has 1 aromatic rings. The average molecular weight is 262 g/mol. The van der Waals surface area contributed by atoms with Crippen LogP contribution >= 0.6 is 12.2 Å². The van der Waals surface area contributed by atoms with Gasteiger partial charge in [0.15, 0.2) is 5.11 Å². The van der Waals surface area contributed by atoms with Gasteiger partial charge in [0.2, 0.25) is 0 Å². The Morgan fingerprint density at radius 2 is 1.89 bits per heavy atom. The van der Waals surface area contributed by atoms with E-state index in [0.717, 1.165) is 29.8 Å². The van der Waals surface area contributed by atoms with Crippen LogP contribution in [-0.4, -0.2) is 23.1 Å². The van der Waals surface area contributed by atoms with Crippen molar-refractivity contribution in [2.45, 2.75) is 33.6 Å². The minimum atomic E-state index is 0.839. The number of piperidine rings is 1. The summed E-state index contributed by atoms with van der Waals surface area (Å²) in [4.78, 5) is 2.28. The summed E-state index contributed by atoms with van der Waals surface area (Å²) in [5, 5.41) is 4.22.